The average molecular weight is 290 g/mol. The first-order valence-corrected chi connectivity index (χ1v) is 5.89. The molecule has 0 radical (unpaired) electrons. The van der Waals surface area contributed by atoms with Crippen LogP contribution in [0.15, 0.2) is 12.4 Å². The van der Waals surface area contributed by atoms with E-state index in [1.165, 1.54) is 10.9 Å². The molecule has 1 rings (SSSR count). The van der Waals surface area contributed by atoms with Gasteiger partial charge in [-0.1, -0.05) is 0 Å². The Labute approximate surface area is 114 Å². The molecule has 0 saturated carbocycles. The maximum atomic E-state index is 10.5. The van der Waals surface area contributed by atoms with Crippen LogP contribution in [0.1, 0.15) is 0 Å². The second-order valence-corrected chi connectivity index (χ2v) is 4.47. The lowest BCUT2D eigenvalue weighted by Crippen LogP contribution is -2.56. The Morgan fingerprint density at radius 2 is 2.00 bits per heavy atom. The van der Waals surface area contributed by atoms with E-state index in [-0.39, 0.29) is 18.8 Å². The van der Waals surface area contributed by atoms with Crippen LogP contribution in [0.3, 0.4) is 0 Å². The molecule has 0 bridgehead atoms. The minimum Gasteiger partial charge on any atom is -0.394 e. The highest BCUT2D eigenvalue weighted by Gasteiger charge is 2.28. The van der Waals surface area contributed by atoms with Crippen molar-refractivity contribution in [2.75, 3.05) is 26.4 Å². The van der Waals surface area contributed by atoms with Gasteiger partial charge >= 0.3 is 5.69 Å². The van der Waals surface area contributed by atoms with Gasteiger partial charge in [0.2, 0.25) is 0 Å². The predicted molar refractivity (Wildman–Crippen MR) is 66.9 cm³/mol. The second-order valence-electron chi connectivity index (χ2n) is 4.47. The van der Waals surface area contributed by atoms with Gasteiger partial charge in [-0.2, -0.15) is 5.10 Å². The first-order valence-electron chi connectivity index (χ1n) is 5.89. The van der Waals surface area contributed by atoms with Crippen LogP contribution in [0.25, 0.3) is 0 Å². The van der Waals surface area contributed by atoms with Crippen molar-refractivity contribution >= 4 is 5.69 Å². The molecule has 114 valence electrons. The second kappa shape index (κ2) is 7.26. The van der Waals surface area contributed by atoms with Crippen LogP contribution in [0, 0.1) is 10.1 Å². The lowest BCUT2D eigenvalue weighted by Gasteiger charge is -2.29. The molecule has 1 atom stereocenters. The van der Waals surface area contributed by atoms with E-state index in [0.717, 1.165) is 6.20 Å². The molecule has 1 heterocycles. The Hall–Kier alpha value is -1.59. The van der Waals surface area contributed by atoms with Crippen molar-refractivity contribution in [3.05, 3.63) is 22.5 Å². The zero-order valence-corrected chi connectivity index (χ0v) is 10.7. The molecule has 0 aliphatic heterocycles. The van der Waals surface area contributed by atoms with Crippen molar-refractivity contribution in [3.63, 3.8) is 0 Å². The Morgan fingerprint density at radius 3 is 2.45 bits per heavy atom. The summed E-state index contributed by atoms with van der Waals surface area (Å²) in [6.45, 7) is -1.53. The van der Waals surface area contributed by atoms with E-state index in [2.05, 4.69) is 10.4 Å². The van der Waals surface area contributed by atoms with E-state index in [4.69, 9.17) is 15.3 Å². The van der Waals surface area contributed by atoms with Crippen molar-refractivity contribution in [2.45, 2.75) is 18.2 Å². The lowest BCUT2D eigenvalue weighted by molar-refractivity contribution is -0.385. The van der Waals surface area contributed by atoms with E-state index in [9.17, 15) is 15.2 Å². The van der Waals surface area contributed by atoms with Gasteiger partial charge in [0.15, 0.2) is 0 Å². The molecule has 0 fully saturated rings. The first-order chi connectivity index (χ1) is 9.46. The van der Waals surface area contributed by atoms with Crippen LogP contribution in [-0.2, 0) is 6.54 Å². The Kier molecular flexibility index (Phi) is 5.98. The summed E-state index contributed by atoms with van der Waals surface area (Å²) in [5, 5.41) is 53.9. The maximum absolute atomic E-state index is 10.5. The number of hydrogen-bond donors (Lipinski definition) is 5. The molecule has 10 nitrogen and oxygen atoms in total. The number of rotatable bonds is 9. The molecule has 0 aliphatic rings. The van der Waals surface area contributed by atoms with Crippen molar-refractivity contribution in [3.8, 4) is 0 Å². The molecule has 20 heavy (non-hydrogen) atoms. The highest BCUT2D eigenvalue weighted by molar-refractivity contribution is 5.20. The largest absolute Gasteiger partial charge is 0.394 e. The van der Waals surface area contributed by atoms with Gasteiger partial charge in [-0.25, -0.2) is 0 Å². The van der Waals surface area contributed by atoms with E-state index in [1.54, 1.807) is 0 Å². The third-order valence-electron chi connectivity index (χ3n) is 2.85. The molecule has 0 aliphatic carbocycles. The first kappa shape index (κ1) is 16.5. The highest BCUT2D eigenvalue weighted by Crippen LogP contribution is 2.08. The Bertz CT molecular complexity index is 425. The van der Waals surface area contributed by atoms with Gasteiger partial charge in [-0.05, 0) is 0 Å². The number of hydrogen-bond acceptors (Lipinski definition) is 8. The zero-order valence-electron chi connectivity index (χ0n) is 10.7. The minimum atomic E-state index is -1.28. The fourth-order valence-corrected chi connectivity index (χ4v) is 1.48. The quantitative estimate of drug-likeness (QED) is 0.246. The molecular weight excluding hydrogens is 272 g/mol. The number of aromatic nitrogens is 2. The van der Waals surface area contributed by atoms with Crippen molar-refractivity contribution < 1.29 is 25.3 Å². The van der Waals surface area contributed by atoms with E-state index < -0.39 is 36.4 Å². The van der Waals surface area contributed by atoms with Crippen LogP contribution in [0.4, 0.5) is 5.69 Å². The van der Waals surface area contributed by atoms with E-state index in [1.807, 2.05) is 0 Å². The van der Waals surface area contributed by atoms with Crippen LogP contribution >= 0.6 is 0 Å². The molecule has 0 aromatic carbocycles. The summed E-state index contributed by atoms with van der Waals surface area (Å²) in [5.74, 6) is 0. The summed E-state index contributed by atoms with van der Waals surface area (Å²) in [6, 6.07) is 0. The molecule has 0 saturated heterocycles. The summed E-state index contributed by atoms with van der Waals surface area (Å²) in [7, 11) is 0. The number of aliphatic hydroxyl groups excluding tert-OH is 4. The van der Waals surface area contributed by atoms with Gasteiger partial charge < -0.3 is 25.7 Å². The van der Waals surface area contributed by atoms with Gasteiger partial charge in [-0.15, -0.1) is 0 Å². The van der Waals surface area contributed by atoms with Gasteiger partial charge in [0, 0.05) is 6.54 Å². The van der Waals surface area contributed by atoms with Crippen molar-refractivity contribution in [1.29, 1.82) is 0 Å². The molecule has 5 N–H and O–H groups in total. The highest BCUT2D eigenvalue weighted by atomic mass is 16.6. The molecular formula is C10H18N4O6. The SMILES string of the molecule is O=[N+]([O-])c1cnn(CC(O)CNC(CO)(CO)CO)c1. The lowest BCUT2D eigenvalue weighted by atomic mass is 10.0. The van der Waals surface area contributed by atoms with Crippen molar-refractivity contribution in [1.82, 2.24) is 15.1 Å². The van der Waals surface area contributed by atoms with Crippen molar-refractivity contribution in [2.24, 2.45) is 0 Å². The van der Waals surface area contributed by atoms with Crippen LogP contribution in [0.5, 0.6) is 0 Å². The molecule has 0 amide bonds. The summed E-state index contributed by atoms with van der Waals surface area (Å²) in [4.78, 5) is 9.87. The Balaban J connectivity index is 2.50. The fourth-order valence-electron chi connectivity index (χ4n) is 1.48. The topological polar surface area (TPSA) is 154 Å². The third-order valence-corrected chi connectivity index (χ3v) is 2.85. The van der Waals surface area contributed by atoms with Crippen LogP contribution in [-0.4, -0.2) is 73.1 Å². The number of nitro groups is 1. The molecule has 0 spiro atoms. The standard InChI is InChI=1S/C10H18N4O6/c15-5-10(6-16,7-17)11-2-9(18)4-13-3-8(1-12-13)14(19)20/h1,3,9,11,15-18H,2,4-7H2. The fraction of sp³-hybridized carbons (Fsp3) is 0.700. The van der Waals surface area contributed by atoms with E-state index >= 15 is 0 Å². The van der Waals surface area contributed by atoms with Gasteiger partial charge in [0.25, 0.3) is 0 Å². The maximum Gasteiger partial charge on any atom is 0.306 e. The van der Waals surface area contributed by atoms with Crippen LogP contribution in [0.2, 0.25) is 0 Å². The summed E-state index contributed by atoms with van der Waals surface area (Å²) in [5.41, 5.74) is -1.46. The molecule has 10 heteroatoms. The van der Waals surface area contributed by atoms with Gasteiger partial charge in [-0.3, -0.25) is 14.8 Å². The Morgan fingerprint density at radius 1 is 1.40 bits per heavy atom. The number of aliphatic hydroxyl groups is 4. The van der Waals surface area contributed by atoms with Crippen LogP contribution < -0.4 is 5.32 Å². The number of nitrogens with zero attached hydrogens (tertiary/aromatic N) is 3. The zero-order chi connectivity index (χ0) is 15.2. The average Bonchev–Trinajstić information content (AvgIpc) is 2.90. The monoisotopic (exact) mass is 290 g/mol. The number of nitrogens with one attached hydrogen (secondary N) is 1. The number of β-amino-alcohol motifs (C(OH)–C–C–N with tert-alkyl or cyclic N) is 1. The summed E-state index contributed by atoms with van der Waals surface area (Å²) in [6.07, 6.45) is 1.29. The molecule has 1 unspecified atom stereocenters. The smallest absolute Gasteiger partial charge is 0.306 e. The van der Waals surface area contributed by atoms with Gasteiger partial charge in [0.1, 0.15) is 12.4 Å². The minimum absolute atomic E-state index is 0.000788. The normalized spacial score (nSPS) is 13.4. The molecule has 1 aromatic heterocycles. The third kappa shape index (κ3) is 4.21. The molecule has 1 aromatic rings. The predicted octanol–water partition coefficient (Wildman–Crippen LogP) is -2.54. The van der Waals surface area contributed by atoms with Gasteiger partial charge in [0.05, 0.1) is 42.9 Å². The summed E-state index contributed by atoms with van der Waals surface area (Å²) < 4.78 is 1.21. The summed E-state index contributed by atoms with van der Waals surface area (Å²) >= 11 is 0. The van der Waals surface area contributed by atoms with E-state index in [0.29, 0.717) is 0 Å².